The van der Waals surface area contributed by atoms with Crippen LogP contribution in [0.5, 0.6) is 0 Å². The number of hydrogen-bond donors (Lipinski definition) is 3. The van der Waals surface area contributed by atoms with Gasteiger partial charge in [0, 0.05) is 5.69 Å². The number of anilines is 1. The molecule has 3 rings (SSSR count). The Morgan fingerprint density at radius 1 is 1.24 bits per heavy atom. The molecule has 7 nitrogen and oxygen atoms in total. The molecule has 0 radical (unpaired) electrons. The highest BCUT2D eigenvalue weighted by Gasteiger charge is 2.02. The van der Waals surface area contributed by atoms with Crippen molar-refractivity contribution in [3.05, 3.63) is 48.7 Å². The smallest absolute Gasteiger partial charge is 0.102 e. The zero-order valence-corrected chi connectivity index (χ0v) is 11.4. The minimum absolute atomic E-state index is 0.0608. The van der Waals surface area contributed by atoms with Gasteiger partial charge >= 0.3 is 0 Å². The molecule has 0 unspecified atom stereocenters. The standard InChI is InChI=1S/C14H16N6O/c21-6-5-20-9-13(18-19-20)7-16-12-3-1-11(2-4-12)14-8-15-10-17-14/h1-4,8-10,16,21H,5-7H2,(H,15,17). The molecular weight excluding hydrogens is 268 g/mol. The van der Waals surface area contributed by atoms with E-state index in [9.17, 15) is 0 Å². The summed E-state index contributed by atoms with van der Waals surface area (Å²) in [5.74, 6) is 0. The number of rotatable bonds is 6. The summed E-state index contributed by atoms with van der Waals surface area (Å²) in [5, 5.41) is 20.1. The summed E-state index contributed by atoms with van der Waals surface area (Å²) in [6.07, 6.45) is 5.28. The lowest BCUT2D eigenvalue weighted by atomic mass is 10.1. The van der Waals surface area contributed by atoms with Crippen LogP contribution in [-0.4, -0.2) is 36.7 Å². The molecule has 0 aliphatic heterocycles. The van der Waals surface area contributed by atoms with Crippen LogP contribution in [0.1, 0.15) is 5.69 Å². The van der Waals surface area contributed by atoms with Crippen molar-refractivity contribution in [2.45, 2.75) is 13.1 Å². The first-order valence-electron chi connectivity index (χ1n) is 6.68. The van der Waals surface area contributed by atoms with Gasteiger partial charge in [0.15, 0.2) is 0 Å². The summed E-state index contributed by atoms with van der Waals surface area (Å²) in [4.78, 5) is 7.08. The zero-order chi connectivity index (χ0) is 14.5. The molecule has 108 valence electrons. The van der Waals surface area contributed by atoms with Crippen LogP contribution in [0.25, 0.3) is 11.3 Å². The molecule has 7 heteroatoms. The topological polar surface area (TPSA) is 91.7 Å². The maximum atomic E-state index is 8.83. The molecule has 1 aromatic carbocycles. The Morgan fingerprint density at radius 2 is 2.10 bits per heavy atom. The van der Waals surface area contributed by atoms with Crippen LogP contribution >= 0.6 is 0 Å². The number of aromatic nitrogens is 5. The SMILES string of the molecule is OCCn1cc(CNc2ccc(-c3cnc[nH]3)cc2)nn1. The zero-order valence-electron chi connectivity index (χ0n) is 11.4. The number of aliphatic hydroxyl groups is 1. The number of aromatic amines is 1. The average Bonchev–Trinajstić information content (AvgIpc) is 3.18. The quantitative estimate of drug-likeness (QED) is 0.634. The van der Waals surface area contributed by atoms with Crippen molar-refractivity contribution < 1.29 is 5.11 Å². The van der Waals surface area contributed by atoms with E-state index in [1.807, 2.05) is 30.5 Å². The molecule has 21 heavy (non-hydrogen) atoms. The predicted octanol–water partition coefficient (Wildman–Crippen LogP) is 1.27. The molecule has 0 aliphatic carbocycles. The molecule has 3 aromatic rings. The normalized spacial score (nSPS) is 10.7. The number of aliphatic hydroxyl groups excluding tert-OH is 1. The predicted molar refractivity (Wildman–Crippen MR) is 78.5 cm³/mol. The summed E-state index contributed by atoms with van der Waals surface area (Å²) in [6.45, 7) is 1.12. The third-order valence-electron chi connectivity index (χ3n) is 3.08. The average molecular weight is 284 g/mol. The monoisotopic (exact) mass is 284 g/mol. The van der Waals surface area contributed by atoms with Crippen LogP contribution in [-0.2, 0) is 13.1 Å². The van der Waals surface area contributed by atoms with Crippen LogP contribution in [0.15, 0.2) is 43.0 Å². The Kier molecular flexibility index (Phi) is 3.92. The number of imidazole rings is 1. The molecule has 0 atom stereocenters. The molecule has 0 spiro atoms. The van der Waals surface area contributed by atoms with Crippen LogP contribution in [0.4, 0.5) is 5.69 Å². The lowest BCUT2D eigenvalue weighted by Gasteiger charge is -2.05. The van der Waals surface area contributed by atoms with Gasteiger partial charge in [-0.15, -0.1) is 5.10 Å². The van der Waals surface area contributed by atoms with E-state index in [0.717, 1.165) is 22.6 Å². The number of nitrogens with zero attached hydrogens (tertiary/aromatic N) is 4. The number of nitrogens with one attached hydrogen (secondary N) is 2. The van der Waals surface area contributed by atoms with Crippen molar-refractivity contribution in [1.29, 1.82) is 0 Å². The van der Waals surface area contributed by atoms with Crippen LogP contribution in [0.3, 0.4) is 0 Å². The van der Waals surface area contributed by atoms with Gasteiger partial charge in [0.25, 0.3) is 0 Å². The minimum Gasteiger partial charge on any atom is -0.394 e. The van der Waals surface area contributed by atoms with Crippen molar-refractivity contribution in [2.24, 2.45) is 0 Å². The highest BCUT2D eigenvalue weighted by Crippen LogP contribution is 2.18. The summed E-state index contributed by atoms with van der Waals surface area (Å²) in [7, 11) is 0. The maximum Gasteiger partial charge on any atom is 0.102 e. The van der Waals surface area contributed by atoms with Crippen molar-refractivity contribution in [2.75, 3.05) is 11.9 Å². The van der Waals surface area contributed by atoms with Gasteiger partial charge in [-0.1, -0.05) is 17.3 Å². The Balaban J connectivity index is 1.60. The highest BCUT2D eigenvalue weighted by molar-refractivity contribution is 5.61. The molecular formula is C14H16N6O. The van der Waals surface area contributed by atoms with E-state index in [0.29, 0.717) is 13.1 Å². The fourth-order valence-corrected chi connectivity index (χ4v) is 2.01. The van der Waals surface area contributed by atoms with Gasteiger partial charge < -0.3 is 15.4 Å². The van der Waals surface area contributed by atoms with E-state index in [4.69, 9.17) is 5.11 Å². The van der Waals surface area contributed by atoms with E-state index >= 15 is 0 Å². The number of H-pyrrole nitrogens is 1. The second-order valence-electron chi connectivity index (χ2n) is 4.59. The molecule has 3 N–H and O–H groups in total. The summed E-state index contributed by atoms with van der Waals surface area (Å²) >= 11 is 0. The van der Waals surface area contributed by atoms with Crippen LogP contribution in [0, 0.1) is 0 Å². The molecule has 2 aromatic heterocycles. The van der Waals surface area contributed by atoms with Crippen LogP contribution < -0.4 is 5.32 Å². The third kappa shape index (κ3) is 3.26. The van der Waals surface area contributed by atoms with Gasteiger partial charge in [-0.25, -0.2) is 9.67 Å². The fraction of sp³-hybridized carbons (Fsp3) is 0.214. The molecule has 0 saturated carbocycles. The summed E-state index contributed by atoms with van der Waals surface area (Å²) < 4.78 is 1.62. The lowest BCUT2D eigenvalue weighted by molar-refractivity contribution is 0.268. The molecule has 0 aliphatic rings. The Labute approximate surface area is 121 Å². The first-order valence-corrected chi connectivity index (χ1v) is 6.68. The third-order valence-corrected chi connectivity index (χ3v) is 3.08. The van der Waals surface area contributed by atoms with Gasteiger partial charge in [0.2, 0.25) is 0 Å². The Morgan fingerprint density at radius 3 is 2.81 bits per heavy atom. The highest BCUT2D eigenvalue weighted by atomic mass is 16.3. The Bertz CT molecular complexity index is 674. The summed E-state index contributed by atoms with van der Waals surface area (Å²) in [5.41, 5.74) is 3.93. The largest absolute Gasteiger partial charge is 0.394 e. The maximum absolute atomic E-state index is 8.83. The first-order chi connectivity index (χ1) is 10.3. The summed E-state index contributed by atoms with van der Waals surface area (Å²) in [6, 6.07) is 8.07. The van der Waals surface area contributed by atoms with E-state index in [1.165, 1.54) is 0 Å². The van der Waals surface area contributed by atoms with Gasteiger partial charge in [0.05, 0.1) is 44.1 Å². The second-order valence-corrected chi connectivity index (χ2v) is 4.59. The lowest BCUT2D eigenvalue weighted by Crippen LogP contribution is -2.02. The van der Waals surface area contributed by atoms with E-state index in [1.54, 1.807) is 17.2 Å². The number of hydrogen-bond acceptors (Lipinski definition) is 5. The van der Waals surface area contributed by atoms with Crippen molar-refractivity contribution in [3.63, 3.8) is 0 Å². The van der Waals surface area contributed by atoms with Crippen molar-refractivity contribution >= 4 is 5.69 Å². The molecule has 0 amide bonds. The Hall–Kier alpha value is -2.67. The van der Waals surface area contributed by atoms with Crippen molar-refractivity contribution in [1.82, 2.24) is 25.0 Å². The van der Waals surface area contributed by atoms with Gasteiger partial charge in [-0.2, -0.15) is 0 Å². The molecule has 0 saturated heterocycles. The van der Waals surface area contributed by atoms with E-state index in [-0.39, 0.29) is 6.61 Å². The van der Waals surface area contributed by atoms with Gasteiger partial charge in [-0.3, -0.25) is 0 Å². The molecule has 0 fully saturated rings. The van der Waals surface area contributed by atoms with Crippen molar-refractivity contribution in [3.8, 4) is 11.3 Å². The van der Waals surface area contributed by atoms with E-state index in [2.05, 4.69) is 25.6 Å². The molecule has 0 bridgehead atoms. The number of benzene rings is 1. The minimum atomic E-state index is 0.0608. The van der Waals surface area contributed by atoms with Gasteiger partial charge in [-0.05, 0) is 17.7 Å². The second kappa shape index (κ2) is 6.19. The fourth-order valence-electron chi connectivity index (χ4n) is 2.01. The molecule has 2 heterocycles. The van der Waals surface area contributed by atoms with Crippen LogP contribution in [0.2, 0.25) is 0 Å². The first kappa shape index (κ1) is 13.3. The van der Waals surface area contributed by atoms with E-state index < -0.39 is 0 Å². The van der Waals surface area contributed by atoms with Gasteiger partial charge in [0.1, 0.15) is 5.69 Å².